The van der Waals surface area contributed by atoms with Gasteiger partial charge in [0.2, 0.25) is 0 Å². The van der Waals surface area contributed by atoms with Crippen LogP contribution in [0.25, 0.3) is 0 Å². The number of ether oxygens (including phenoxy) is 1. The highest BCUT2D eigenvalue weighted by Gasteiger charge is 2.12. The zero-order valence-corrected chi connectivity index (χ0v) is 8.86. The van der Waals surface area contributed by atoms with Gasteiger partial charge in [-0.1, -0.05) is 25.1 Å². The molecule has 0 N–H and O–H groups in total. The third-order valence-corrected chi connectivity index (χ3v) is 2.26. The average molecular weight is 203 g/mol. The maximum absolute atomic E-state index is 5.62. The molecule has 0 radical (unpaired) electrons. The Labute approximate surface area is 88.7 Å². The number of hydrogen-bond donors (Lipinski definition) is 0. The van der Waals surface area contributed by atoms with Crippen molar-refractivity contribution in [1.82, 2.24) is 5.16 Å². The van der Waals surface area contributed by atoms with Gasteiger partial charge in [-0.15, -0.1) is 0 Å². The molecule has 78 valence electrons. The summed E-state index contributed by atoms with van der Waals surface area (Å²) in [4.78, 5) is 0. The molecule has 1 heterocycles. The van der Waals surface area contributed by atoms with Crippen LogP contribution in [-0.4, -0.2) is 5.16 Å². The van der Waals surface area contributed by atoms with E-state index in [0.717, 1.165) is 23.5 Å². The summed E-state index contributed by atoms with van der Waals surface area (Å²) in [5, 5.41) is 3.88. The second kappa shape index (κ2) is 4.17. The van der Waals surface area contributed by atoms with E-state index in [9.17, 15) is 0 Å². The van der Waals surface area contributed by atoms with Crippen LogP contribution < -0.4 is 4.74 Å². The molecule has 1 aromatic carbocycles. The lowest BCUT2D eigenvalue weighted by molar-refractivity contribution is 0.355. The number of aromatic nitrogens is 1. The molecule has 0 unspecified atom stereocenters. The van der Waals surface area contributed by atoms with E-state index < -0.39 is 0 Å². The first-order chi connectivity index (χ1) is 7.31. The van der Waals surface area contributed by atoms with Gasteiger partial charge in [0.25, 0.3) is 5.88 Å². The van der Waals surface area contributed by atoms with Gasteiger partial charge in [-0.2, -0.15) is 0 Å². The Morgan fingerprint density at radius 3 is 2.67 bits per heavy atom. The van der Waals surface area contributed by atoms with E-state index in [1.165, 1.54) is 0 Å². The van der Waals surface area contributed by atoms with Crippen LogP contribution in [-0.2, 0) is 6.42 Å². The summed E-state index contributed by atoms with van der Waals surface area (Å²) in [7, 11) is 0. The van der Waals surface area contributed by atoms with Crippen LogP contribution in [0.5, 0.6) is 11.6 Å². The van der Waals surface area contributed by atoms with E-state index in [4.69, 9.17) is 9.26 Å². The average Bonchev–Trinajstić information content (AvgIpc) is 2.61. The van der Waals surface area contributed by atoms with Crippen molar-refractivity contribution in [2.24, 2.45) is 0 Å². The summed E-state index contributed by atoms with van der Waals surface area (Å²) >= 11 is 0. The van der Waals surface area contributed by atoms with Gasteiger partial charge in [-0.25, -0.2) is 0 Å². The molecule has 0 spiro atoms. The Bertz CT molecular complexity index is 434. The minimum Gasteiger partial charge on any atom is -0.436 e. The monoisotopic (exact) mass is 203 g/mol. The molecule has 0 amide bonds. The van der Waals surface area contributed by atoms with Gasteiger partial charge < -0.3 is 9.26 Å². The molecular formula is C12H13NO2. The zero-order valence-electron chi connectivity index (χ0n) is 8.86. The summed E-state index contributed by atoms with van der Waals surface area (Å²) in [6.07, 6.45) is 0.859. The minimum absolute atomic E-state index is 0.571. The minimum atomic E-state index is 0.571. The molecule has 0 saturated carbocycles. The predicted molar refractivity (Wildman–Crippen MR) is 57.1 cm³/mol. The van der Waals surface area contributed by atoms with Gasteiger partial charge in [0.15, 0.2) is 0 Å². The molecule has 0 atom stereocenters. The largest absolute Gasteiger partial charge is 0.436 e. The van der Waals surface area contributed by atoms with Crippen molar-refractivity contribution in [1.29, 1.82) is 0 Å². The summed E-state index contributed by atoms with van der Waals surface area (Å²) in [5.74, 6) is 2.17. The van der Waals surface area contributed by atoms with Crippen molar-refractivity contribution in [2.45, 2.75) is 20.3 Å². The van der Waals surface area contributed by atoms with E-state index in [1.807, 2.05) is 37.3 Å². The summed E-state index contributed by atoms with van der Waals surface area (Å²) in [6.45, 7) is 3.95. The number of rotatable bonds is 3. The van der Waals surface area contributed by atoms with E-state index in [0.29, 0.717) is 5.88 Å². The molecule has 0 aliphatic heterocycles. The van der Waals surface area contributed by atoms with Crippen molar-refractivity contribution >= 4 is 0 Å². The lowest BCUT2D eigenvalue weighted by atomic mass is 10.2. The highest BCUT2D eigenvalue weighted by atomic mass is 16.5. The van der Waals surface area contributed by atoms with Crippen LogP contribution in [0.1, 0.15) is 18.2 Å². The van der Waals surface area contributed by atoms with E-state index in [1.54, 1.807) is 0 Å². The molecule has 0 aliphatic carbocycles. The Hall–Kier alpha value is -1.77. The molecule has 0 bridgehead atoms. The van der Waals surface area contributed by atoms with E-state index >= 15 is 0 Å². The van der Waals surface area contributed by atoms with Gasteiger partial charge in [0, 0.05) is 0 Å². The normalized spacial score (nSPS) is 10.3. The van der Waals surface area contributed by atoms with Gasteiger partial charge in [-0.05, 0) is 30.6 Å². The maximum Gasteiger partial charge on any atom is 0.262 e. The Kier molecular flexibility index (Phi) is 2.72. The topological polar surface area (TPSA) is 35.3 Å². The van der Waals surface area contributed by atoms with Crippen LogP contribution in [0.4, 0.5) is 0 Å². The fraction of sp³-hybridized carbons (Fsp3) is 0.250. The van der Waals surface area contributed by atoms with E-state index in [2.05, 4.69) is 12.1 Å². The second-order valence-electron chi connectivity index (χ2n) is 3.29. The highest BCUT2D eigenvalue weighted by molar-refractivity contribution is 5.33. The molecule has 3 nitrogen and oxygen atoms in total. The van der Waals surface area contributed by atoms with Crippen LogP contribution in [0.2, 0.25) is 0 Å². The molecule has 2 rings (SSSR count). The number of para-hydroxylation sites is 1. The number of aryl methyl sites for hydroxylation is 1. The Morgan fingerprint density at radius 1 is 1.27 bits per heavy atom. The maximum atomic E-state index is 5.62. The molecule has 0 fully saturated rings. The van der Waals surface area contributed by atoms with Gasteiger partial charge >= 0.3 is 0 Å². The predicted octanol–water partition coefficient (Wildman–Crippen LogP) is 3.34. The van der Waals surface area contributed by atoms with Crippen LogP contribution >= 0.6 is 0 Å². The first-order valence-electron chi connectivity index (χ1n) is 4.99. The fourth-order valence-corrected chi connectivity index (χ4v) is 1.45. The molecule has 3 heteroatoms. The van der Waals surface area contributed by atoms with Crippen molar-refractivity contribution < 1.29 is 9.26 Å². The standard InChI is InChI=1S/C12H13NO2/c1-3-11-9(2)15-13-12(11)14-10-7-5-4-6-8-10/h4-8H,3H2,1-2H3. The van der Waals surface area contributed by atoms with Gasteiger partial charge in [0.1, 0.15) is 11.5 Å². The molecule has 0 saturated heterocycles. The highest BCUT2D eigenvalue weighted by Crippen LogP contribution is 2.26. The smallest absolute Gasteiger partial charge is 0.262 e. The Balaban J connectivity index is 2.25. The van der Waals surface area contributed by atoms with Crippen LogP contribution in [0.3, 0.4) is 0 Å². The Morgan fingerprint density at radius 2 is 2.00 bits per heavy atom. The quantitative estimate of drug-likeness (QED) is 0.767. The molecule has 1 aromatic heterocycles. The van der Waals surface area contributed by atoms with Crippen molar-refractivity contribution in [3.63, 3.8) is 0 Å². The molecule has 2 aromatic rings. The summed E-state index contributed by atoms with van der Waals surface area (Å²) in [6, 6.07) is 9.58. The van der Waals surface area contributed by atoms with Crippen molar-refractivity contribution in [3.05, 3.63) is 41.7 Å². The first-order valence-corrected chi connectivity index (χ1v) is 4.99. The molecular weight excluding hydrogens is 190 g/mol. The third kappa shape index (κ3) is 2.01. The van der Waals surface area contributed by atoms with Crippen molar-refractivity contribution in [3.8, 4) is 11.6 Å². The second-order valence-corrected chi connectivity index (χ2v) is 3.29. The molecule has 0 aliphatic rings. The number of benzene rings is 1. The SMILES string of the molecule is CCc1c(Oc2ccccc2)noc1C. The number of nitrogens with zero attached hydrogens (tertiary/aromatic N) is 1. The van der Waals surface area contributed by atoms with Crippen LogP contribution in [0.15, 0.2) is 34.9 Å². The number of hydrogen-bond acceptors (Lipinski definition) is 3. The van der Waals surface area contributed by atoms with Crippen LogP contribution in [0, 0.1) is 6.92 Å². The third-order valence-electron chi connectivity index (χ3n) is 2.26. The zero-order chi connectivity index (χ0) is 10.7. The molecule has 15 heavy (non-hydrogen) atoms. The van der Waals surface area contributed by atoms with Crippen molar-refractivity contribution in [2.75, 3.05) is 0 Å². The fourth-order valence-electron chi connectivity index (χ4n) is 1.45. The lowest BCUT2D eigenvalue weighted by Gasteiger charge is -2.02. The first kappa shape index (κ1) is 9.77. The lowest BCUT2D eigenvalue weighted by Crippen LogP contribution is -1.88. The van der Waals surface area contributed by atoms with Gasteiger partial charge in [-0.3, -0.25) is 0 Å². The summed E-state index contributed by atoms with van der Waals surface area (Å²) < 4.78 is 10.7. The summed E-state index contributed by atoms with van der Waals surface area (Å²) in [5.41, 5.74) is 1.03. The van der Waals surface area contributed by atoms with E-state index in [-0.39, 0.29) is 0 Å². The van der Waals surface area contributed by atoms with Gasteiger partial charge in [0.05, 0.1) is 5.56 Å².